The Morgan fingerprint density at radius 3 is 2.24 bits per heavy atom. The number of nitrogens with zero attached hydrogens (tertiary/aromatic N) is 1. The SMILES string of the molecule is CCNC(CN1CCC(CC)(CC)C1)C(C)C. The van der Waals surface area contributed by atoms with E-state index in [1.807, 2.05) is 0 Å². The molecule has 1 atom stereocenters. The first-order chi connectivity index (χ1) is 8.06. The minimum absolute atomic E-state index is 0.619. The number of rotatable bonds is 7. The molecule has 0 aromatic rings. The molecule has 1 rings (SSSR count). The number of nitrogens with one attached hydrogen (secondary N) is 1. The fourth-order valence-electron chi connectivity index (χ4n) is 3.06. The Morgan fingerprint density at radius 2 is 1.82 bits per heavy atom. The largest absolute Gasteiger partial charge is 0.313 e. The van der Waals surface area contributed by atoms with Gasteiger partial charge in [0.2, 0.25) is 0 Å². The number of likely N-dealkylation sites (N-methyl/N-ethyl adjacent to an activating group) is 1. The Morgan fingerprint density at radius 1 is 1.18 bits per heavy atom. The third-order valence-corrected chi connectivity index (χ3v) is 4.74. The average Bonchev–Trinajstić information content (AvgIpc) is 2.73. The first-order valence-electron chi connectivity index (χ1n) is 7.52. The zero-order chi connectivity index (χ0) is 12.9. The Labute approximate surface area is 108 Å². The molecule has 2 heteroatoms. The minimum Gasteiger partial charge on any atom is -0.313 e. The second kappa shape index (κ2) is 6.75. The molecular weight excluding hydrogens is 208 g/mol. The van der Waals surface area contributed by atoms with Crippen LogP contribution < -0.4 is 5.32 Å². The summed E-state index contributed by atoms with van der Waals surface area (Å²) in [6.07, 6.45) is 4.08. The molecule has 0 aromatic heterocycles. The number of likely N-dealkylation sites (tertiary alicyclic amines) is 1. The second-order valence-electron chi connectivity index (χ2n) is 6.10. The summed E-state index contributed by atoms with van der Waals surface area (Å²) in [7, 11) is 0. The van der Waals surface area contributed by atoms with Gasteiger partial charge in [-0.25, -0.2) is 0 Å². The lowest BCUT2D eigenvalue weighted by molar-refractivity contribution is 0.211. The molecule has 0 saturated carbocycles. The summed E-state index contributed by atoms with van der Waals surface area (Å²) in [5, 5.41) is 3.63. The van der Waals surface area contributed by atoms with E-state index in [0.717, 1.165) is 12.5 Å². The van der Waals surface area contributed by atoms with Gasteiger partial charge in [-0.3, -0.25) is 0 Å². The zero-order valence-corrected chi connectivity index (χ0v) is 12.6. The van der Waals surface area contributed by atoms with Gasteiger partial charge in [-0.1, -0.05) is 34.6 Å². The molecule has 1 heterocycles. The van der Waals surface area contributed by atoms with E-state index in [4.69, 9.17) is 0 Å². The van der Waals surface area contributed by atoms with Crippen molar-refractivity contribution in [1.29, 1.82) is 0 Å². The highest BCUT2D eigenvalue weighted by Crippen LogP contribution is 2.36. The van der Waals surface area contributed by atoms with Gasteiger partial charge in [-0.05, 0) is 43.7 Å². The molecule has 1 fully saturated rings. The van der Waals surface area contributed by atoms with Gasteiger partial charge < -0.3 is 10.2 Å². The second-order valence-corrected chi connectivity index (χ2v) is 6.10. The number of hydrogen-bond donors (Lipinski definition) is 1. The van der Waals surface area contributed by atoms with Gasteiger partial charge in [-0.15, -0.1) is 0 Å². The number of hydrogen-bond acceptors (Lipinski definition) is 2. The van der Waals surface area contributed by atoms with Crippen LogP contribution in [0.4, 0.5) is 0 Å². The van der Waals surface area contributed by atoms with Crippen molar-refractivity contribution in [2.45, 2.75) is 59.9 Å². The maximum Gasteiger partial charge on any atom is 0.0217 e. The van der Waals surface area contributed by atoms with Crippen molar-refractivity contribution in [3.8, 4) is 0 Å². The molecule has 0 spiro atoms. The van der Waals surface area contributed by atoms with Crippen molar-refractivity contribution in [2.24, 2.45) is 11.3 Å². The van der Waals surface area contributed by atoms with E-state index >= 15 is 0 Å². The van der Waals surface area contributed by atoms with Crippen molar-refractivity contribution in [3.05, 3.63) is 0 Å². The molecule has 1 N–H and O–H groups in total. The molecule has 1 aliphatic heterocycles. The molecule has 1 unspecified atom stereocenters. The van der Waals surface area contributed by atoms with Crippen LogP contribution in [-0.2, 0) is 0 Å². The van der Waals surface area contributed by atoms with E-state index in [0.29, 0.717) is 11.5 Å². The van der Waals surface area contributed by atoms with E-state index in [9.17, 15) is 0 Å². The summed E-state index contributed by atoms with van der Waals surface area (Å²) in [5.74, 6) is 0.730. The van der Waals surface area contributed by atoms with Crippen LogP contribution in [0.1, 0.15) is 53.9 Å². The Bertz CT molecular complexity index is 209. The Kier molecular flexibility index (Phi) is 5.94. The lowest BCUT2D eigenvalue weighted by Gasteiger charge is -2.30. The molecule has 2 nitrogen and oxygen atoms in total. The maximum atomic E-state index is 3.63. The van der Waals surface area contributed by atoms with Crippen LogP contribution >= 0.6 is 0 Å². The van der Waals surface area contributed by atoms with Crippen LogP contribution in [0.25, 0.3) is 0 Å². The standard InChI is InChI=1S/C15H32N2/c1-6-15(7-2)9-10-17(12-15)11-14(13(4)5)16-8-3/h13-14,16H,6-12H2,1-5H3. The van der Waals surface area contributed by atoms with Gasteiger partial charge in [0, 0.05) is 19.1 Å². The first-order valence-corrected chi connectivity index (χ1v) is 7.52. The average molecular weight is 240 g/mol. The third-order valence-electron chi connectivity index (χ3n) is 4.74. The molecule has 0 amide bonds. The van der Waals surface area contributed by atoms with Gasteiger partial charge in [-0.2, -0.15) is 0 Å². The van der Waals surface area contributed by atoms with Gasteiger partial charge in [0.1, 0.15) is 0 Å². The molecule has 0 aliphatic carbocycles. The van der Waals surface area contributed by atoms with E-state index < -0.39 is 0 Å². The molecule has 1 aliphatic rings. The van der Waals surface area contributed by atoms with Crippen LogP contribution in [0.15, 0.2) is 0 Å². The van der Waals surface area contributed by atoms with Gasteiger partial charge in [0.05, 0.1) is 0 Å². The first kappa shape index (κ1) is 15.0. The monoisotopic (exact) mass is 240 g/mol. The van der Waals surface area contributed by atoms with E-state index in [1.54, 1.807) is 0 Å². The fourth-order valence-corrected chi connectivity index (χ4v) is 3.06. The van der Waals surface area contributed by atoms with Crippen LogP contribution in [0, 0.1) is 11.3 Å². The van der Waals surface area contributed by atoms with E-state index in [-0.39, 0.29) is 0 Å². The molecule has 0 radical (unpaired) electrons. The minimum atomic E-state index is 0.619. The van der Waals surface area contributed by atoms with Gasteiger partial charge in [0.15, 0.2) is 0 Å². The Hall–Kier alpha value is -0.0800. The highest BCUT2D eigenvalue weighted by atomic mass is 15.2. The van der Waals surface area contributed by atoms with Gasteiger partial charge in [0.25, 0.3) is 0 Å². The predicted octanol–water partition coefficient (Wildman–Crippen LogP) is 3.13. The molecule has 0 aromatic carbocycles. The van der Waals surface area contributed by atoms with Crippen molar-refractivity contribution in [3.63, 3.8) is 0 Å². The smallest absolute Gasteiger partial charge is 0.0217 e. The molecule has 0 bridgehead atoms. The Balaban J connectivity index is 2.47. The molecule has 17 heavy (non-hydrogen) atoms. The fraction of sp³-hybridized carbons (Fsp3) is 1.00. The lowest BCUT2D eigenvalue weighted by Crippen LogP contribution is -2.44. The van der Waals surface area contributed by atoms with Crippen molar-refractivity contribution >= 4 is 0 Å². The summed E-state index contributed by atoms with van der Waals surface area (Å²) in [6.45, 7) is 16.5. The van der Waals surface area contributed by atoms with Crippen LogP contribution in [0.5, 0.6) is 0 Å². The highest BCUT2D eigenvalue weighted by molar-refractivity contribution is 4.89. The zero-order valence-electron chi connectivity index (χ0n) is 12.6. The van der Waals surface area contributed by atoms with Crippen LogP contribution in [-0.4, -0.2) is 37.1 Å². The lowest BCUT2D eigenvalue weighted by atomic mass is 9.82. The molecular formula is C15H32N2. The topological polar surface area (TPSA) is 15.3 Å². The summed E-state index contributed by atoms with van der Waals surface area (Å²) < 4.78 is 0. The third kappa shape index (κ3) is 3.96. The van der Waals surface area contributed by atoms with Crippen molar-refractivity contribution in [1.82, 2.24) is 10.2 Å². The summed E-state index contributed by atoms with van der Waals surface area (Å²) in [5.41, 5.74) is 0.619. The quantitative estimate of drug-likeness (QED) is 0.735. The van der Waals surface area contributed by atoms with Crippen molar-refractivity contribution < 1.29 is 0 Å². The predicted molar refractivity (Wildman–Crippen MR) is 76.4 cm³/mol. The summed E-state index contributed by atoms with van der Waals surface area (Å²) in [4.78, 5) is 2.68. The summed E-state index contributed by atoms with van der Waals surface area (Å²) >= 11 is 0. The molecule has 1 saturated heterocycles. The van der Waals surface area contributed by atoms with Crippen LogP contribution in [0.3, 0.4) is 0 Å². The highest BCUT2D eigenvalue weighted by Gasteiger charge is 2.35. The van der Waals surface area contributed by atoms with E-state index in [1.165, 1.54) is 38.9 Å². The molecule has 102 valence electrons. The van der Waals surface area contributed by atoms with E-state index in [2.05, 4.69) is 44.8 Å². The van der Waals surface area contributed by atoms with Crippen LogP contribution in [0.2, 0.25) is 0 Å². The summed E-state index contributed by atoms with van der Waals surface area (Å²) in [6, 6.07) is 0.657. The normalized spacial score (nSPS) is 22.2. The maximum absolute atomic E-state index is 3.63. The van der Waals surface area contributed by atoms with Crippen molar-refractivity contribution in [2.75, 3.05) is 26.2 Å². The van der Waals surface area contributed by atoms with Gasteiger partial charge >= 0.3 is 0 Å².